The van der Waals surface area contributed by atoms with Crippen molar-refractivity contribution in [2.45, 2.75) is 39.3 Å². The van der Waals surface area contributed by atoms with E-state index in [2.05, 4.69) is 29.1 Å². The molecule has 0 aliphatic rings. The summed E-state index contributed by atoms with van der Waals surface area (Å²) in [6, 6.07) is 17.1. The zero-order valence-electron chi connectivity index (χ0n) is 18.6. The number of nitrogens with one attached hydrogen (secondary N) is 1. The number of hydrogen-bond donors (Lipinski definition) is 1. The van der Waals surface area contributed by atoms with Gasteiger partial charge in [0.15, 0.2) is 11.2 Å². The lowest BCUT2D eigenvalue weighted by Crippen LogP contribution is -2.42. The second kappa shape index (κ2) is 9.60. The molecule has 0 aliphatic heterocycles. The second-order valence-electron chi connectivity index (χ2n) is 8.11. The lowest BCUT2D eigenvalue weighted by molar-refractivity contribution is -0.116. The third kappa shape index (κ3) is 4.90. The molecule has 4 rings (SSSR count). The van der Waals surface area contributed by atoms with Gasteiger partial charge in [-0.05, 0) is 35.6 Å². The van der Waals surface area contributed by atoms with Crippen molar-refractivity contribution in [1.29, 1.82) is 0 Å². The molecule has 4 aromatic rings. The molecular weight excluding hydrogens is 418 g/mol. The molecule has 0 saturated carbocycles. The van der Waals surface area contributed by atoms with E-state index in [9.17, 15) is 14.4 Å². The van der Waals surface area contributed by atoms with Gasteiger partial charge in [-0.3, -0.25) is 18.7 Å². The summed E-state index contributed by atoms with van der Waals surface area (Å²) in [5, 5.41) is 2.81. The van der Waals surface area contributed by atoms with E-state index in [0.29, 0.717) is 18.0 Å². The second-order valence-corrected chi connectivity index (χ2v) is 8.11. The summed E-state index contributed by atoms with van der Waals surface area (Å²) in [5.41, 5.74) is 1.83. The van der Waals surface area contributed by atoms with Crippen molar-refractivity contribution >= 4 is 22.8 Å². The Hall–Kier alpha value is -4.07. The van der Waals surface area contributed by atoms with Crippen molar-refractivity contribution in [2.24, 2.45) is 0 Å². The summed E-state index contributed by atoms with van der Waals surface area (Å²) in [6.45, 7) is 4.08. The van der Waals surface area contributed by atoms with E-state index >= 15 is 0 Å². The van der Waals surface area contributed by atoms with Crippen LogP contribution >= 0.6 is 0 Å². The molecule has 8 heteroatoms. The highest BCUT2D eigenvalue weighted by Crippen LogP contribution is 2.17. The average molecular weight is 444 g/mol. The van der Waals surface area contributed by atoms with Crippen LogP contribution in [0.1, 0.15) is 30.9 Å². The molecule has 0 radical (unpaired) electrons. The molecule has 2 aromatic carbocycles. The summed E-state index contributed by atoms with van der Waals surface area (Å²) in [7, 11) is 0. The normalized spacial score (nSPS) is 11.1. The standard InChI is InChI=1S/C25H25N5O3/c1-17(2)19-8-10-20(11-9-19)28-21(31)16-30-23-22(26-13-14-27-23)24(32)29(25(30)33)15-12-18-6-4-3-5-7-18/h3-11,13-14,17H,12,15-16H2,1-2H3,(H,28,31). The number of anilines is 1. The summed E-state index contributed by atoms with van der Waals surface area (Å²) in [4.78, 5) is 47.2. The van der Waals surface area contributed by atoms with Gasteiger partial charge in [-0.25, -0.2) is 14.8 Å². The van der Waals surface area contributed by atoms with E-state index < -0.39 is 17.2 Å². The van der Waals surface area contributed by atoms with Crippen LogP contribution in [0.3, 0.4) is 0 Å². The quantitative estimate of drug-likeness (QED) is 0.473. The van der Waals surface area contributed by atoms with Gasteiger partial charge in [-0.15, -0.1) is 0 Å². The minimum absolute atomic E-state index is 0.0549. The number of carbonyl (C=O) groups excluding carboxylic acids is 1. The van der Waals surface area contributed by atoms with E-state index in [-0.39, 0.29) is 24.3 Å². The van der Waals surface area contributed by atoms with Crippen LogP contribution in [0, 0.1) is 0 Å². The Morgan fingerprint density at radius 2 is 1.64 bits per heavy atom. The van der Waals surface area contributed by atoms with Crippen LogP contribution in [-0.4, -0.2) is 25.0 Å². The minimum Gasteiger partial charge on any atom is -0.325 e. The number of amides is 1. The molecule has 168 valence electrons. The van der Waals surface area contributed by atoms with Gasteiger partial charge in [0.25, 0.3) is 5.56 Å². The Morgan fingerprint density at radius 1 is 0.939 bits per heavy atom. The molecule has 1 amide bonds. The molecule has 8 nitrogen and oxygen atoms in total. The van der Waals surface area contributed by atoms with Gasteiger partial charge in [-0.1, -0.05) is 56.3 Å². The van der Waals surface area contributed by atoms with Crippen LogP contribution in [0.25, 0.3) is 11.2 Å². The topological polar surface area (TPSA) is 98.9 Å². The molecule has 0 atom stereocenters. The van der Waals surface area contributed by atoms with Crippen LogP contribution in [-0.2, 0) is 24.3 Å². The molecule has 0 bridgehead atoms. The SMILES string of the molecule is CC(C)c1ccc(NC(=O)Cn2c(=O)n(CCc3ccccc3)c(=O)c3nccnc32)cc1. The maximum Gasteiger partial charge on any atom is 0.333 e. The highest BCUT2D eigenvalue weighted by Gasteiger charge is 2.17. The van der Waals surface area contributed by atoms with Gasteiger partial charge < -0.3 is 5.32 Å². The first-order valence-corrected chi connectivity index (χ1v) is 10.8. The lowest BCUT2D eigenvalue weighted by Gasteiger charge is -2.13. The predicted molar refractivity (Wildman–Crippen MR) is 127 cm³/mol. The van der Waals surface area contributed by atoms with Crippen molar-refractivity contribution in [3.05, 3.63) is 99.0 Å². The van der Waals surface area contributed by atoms with Crippen LogP contribution in [0.2, 0.25) is 0 Å². The Morgan fingerprint density at radius 3 is 2.33 bits per heavy atom. The number of nitrogens with zero attached hydrogens (tertiary/aromatic N) is 4. The van der Waals surface area contributed by atoms with E-state index in [4.69, 9.17) is 0 Å². The first kappa shape index (κ1) is 22.1. The molecule has 0 aliphatic carbocycles. The third-order valence-electron chi connectivity index (χ3n) is 5.47. The van der Waals surface area contributed by atoms with Gasteiger partial charge >= 0.3 is 5.69 Å². The summed E-state index contributed by atoms with van der Waals surface area (Å²) < 4.78 is 2.32. The van der Waals surface area contributed by atoms with Crippen LogP contribution in [0.5, 0.6) is 0 Å². The zero-order valence-corrected chi connectivity index (χ0v) is 18.6. The van der Waals surface area contributed by atoms with Crippen molar-refractivity contribution in [3.63, 3.8) is 0 Å². The smallest absolute Gasteiger partial charge is 0.325 e. The van der Waals surface area contributed by atoms with Gasteiger partial charge in [0.05, 0.1) is 0 Å². The molecule has 2 heterocycles. The van der Waals surface area contributed by atoms with Gasteiger partial charge in [0.1, 0.15) is 6.54 Å². The Kier molecular flexibility index (Phi) is 6.44. The maximum atomic E-state index is 13.2. The van der Waals surface area contributed by atoms with Gasteiger partial charge in [0, 0.05) is 24.6 Å². The van der Waals surface area contributed by atoms with Gasteiger partial charge in [-0.2, -0.15) is 0 Å². The van der Waals surface area contributed by atoms with E-state index in [0.717, 1.165) is 15.7 Å². The van der Waals surface area contributed by atoms with E-state index in [1.165, 1.54) is 17.0 Å². The fourth-order valence-electron chi connectivity index (χ4n) is 3.65. The number of benzene rings is 2. The molecular formula is C25H25N5O3. The fourth-order valence-corrected chi connectivity index (χ4v) is 3.65. The van der Waals surface area contributed by atoms with E-state index in [1.54, 1.807) is 0 Å². The number of aryl methyl sites for hydroxylation is 1. The predicted octanol–water partition coefficient (Wildman–Crippen LogP) is 2.96. The molecule has 2 aromatic heterocycles. The number of rotatable bonds is 7. The lowest BCUT2D eigenvalue weighted by atomic mass is 10.0. The highest BCUT2D eigenvalue weighted by atomic mass is 16.2. The monoisotopic (exact) mass is 443 g/mol. The number of carbonyl (C=O) groups is 1. The molecule has 0 saturated heterocycles. The van der Waals surface area contributed by atoms with Crippen LogP contribution < -0.4 is 16.6 Å². The first-order chi connectivity index (χ1) is 15.9. The molecule has 0 unspecified atom stereocenters. The van der Waals surface area contributed by atoms with E-state index in [1.807, 2.05) is 54.6 Å². The summed E-state index contributed by atoms with van der Waals surface area (Å²) >= 11 is 0. The Balaban J connectivity index is 1.64. The summed E-state index contributed by atoms with van der Waals surface area (Å²) in [5.74, 6) is -0.00943. The fraction of sp³-hybridized carbons (Fsp3) is 0.240. The molecule has 33 heavy (non-hydrogen) atoms. The van der Waals surface area contributed by atoms with Crippen molar-refractivity contribution in [2.75, 3.05) is 5.32 Å². The molecule has 1 N–H and O–H groups in total. The van der Waals surface area contributed by atoms with Crippen molar-refractivity contribution in [3.8, 4) is 0 Å². The van der Waals surface area contributed by atoms with Crippen molar-refractivity contribution < 1.29 is 4.79 Å². The average Bonchev–Trinajstić information content (AvgIpc) is 2.83. The summed E-state index contributed by atoms with van der Waals surface area (Å²) in [6.07, 6.45) is 3.29. The number of aromatic nitrogens is 4. The number of fused-ring (bicyclic) bond motifs is 1. The molecule has 0 fully saturated rings. The number of hydrogen-bond acceptors (Lipinski definition) is 5. The van der Waals surface area contributed by atoms with Crippen LogP contribution in [0.15, 0.2) is 76.6 Å². The first-order valence-electron chi connectivity index (χ1n) is 10.8. The van der Waals surface area contributed by atoms with Gasteiger partial charge in [0.2, 0.25) is 5.91 Å². The maximum absolute atomic E-state index is 13.2. The molecule has 0 spiro atoms. The Bertz CT molecular complexity index is 1390. The van der Waals surface area contributed by atoms with Crippen molar-refractivity contribution in [1.82, 2.24) is 19.1 Å². The zero-order chi connectivity index (χ0) is 23.4. The Labute approximate surface area is 190 Å². The minimum atomic E-state index is -0.589. The highest BCUT2D eigenvalue weighted by molar-refractivity contribution is 5.91. The van der Waals surface area contributed by atoms with Crippen LogP contribution in [0.4, 0.5) is 5.69 Å². The largest absolute Gasteiger partial charge is 0.333 e. The third-order valence-corrected chi connectivity index (χ3v) is 5.47.